The van der Waals surface area contributed by atoms with Crippen molar-refractivity contribution in [1.29, 1.82) is 5.26 Å². The monoisotopic (exact) mass is 243 g/mol. The van der Waals surface area contributed by atoms with Gasteiger partial charge in [0, 0.05) is 0 Å². The molecule has 4 nitrogen and oxygen atoms in total. The predicted octanol–water partition coefficient (Wildman–Crippen LogP) is 2.31. The fourth-order valence-electron chi connectivity index (χ4n) is 1.81. The molecule has 1 aromatic heterocycles. The number of aryl methyl sites for hydroxylation is 1. The van der Waals surface area contributed by atoms with Crippen molar-refractivity contribution in [3.8, 4) is 11.8 Å². The molecule has 0 saturated heterocycles. The number of carbonyl (C=O) groups excluding carboxylic acids is 1. The van der Waals surface area contributed by atoms with Gasteiger partial charge in [-0.25, -0.2) is 9.07 Å². The maximum Gasteiger partial charge on any atom is 0.153 e. The van der Waals surface area contributed by atoms with Gasteiger partial charge in [0.2, 0.25) is 0 Å². The molecular formula is C13H10FN3O. The van der Waals surface area contributed by atoms with Gasteiger partial charge in [0.15, 0.2) is 6.29 Å². The molecule has 0 aliphatic heterocycles. The van der Waals surface area contributed by atoms with E-state index in [-0.39, 0.29) is 11.3 Å². The van der Waals surface area contributed by atoms with Crippen LogP contribution in [0.1, 0.15) is 27.3 Å². The maximum atomic E-state index is 13.8. The molecule has 2 aromatic rings. The summed E-state index contributed by atoms with van der Waals surface area (Å²) in [4.78, 5) is 10.9. The minimum absolute atomic E-state index is 0.225. The quantitative estimate of drug-likeness (QED) is 0.760. The number of benzene rings is 1. The fourth-order valence-corrected chi connectivity index (χ4v) is 1.81. The highest BCUT2D eigenvalue weighted by molar-refractivity contribution is 5.78. The topological polar surface area (TPSA) is 58.7 Å². The molecule has 0 aliphatic rings. The number of hydrogen-bond donors (Lipinski definition) is 0. The lowest BCUT2D eigenvalue weighted by Crippen LogP contribution is -2.02. The standard InChI is InChI=1S/C13H10FN3O/c1-8-11(7-18)9(2)17(16-8)13-4-3-10(6-15)5-12(13)14/h3-5,7H,1-2H3. The largest absolute Gasteiger partial charge is 0.298 e. The Morgan fingerprint density at radius 1 is 1.44 bits per heavy atom. The molecule has 0 saturated carbocycles. The fraction of sp³-hybridized carbons (Fsp3) is 0.154. The Labute approximate surface area is 103 Å². The van der Waals surface area contributed by atoms with Crippen LogP contribution in [0.5, 0.6) is 0 Å². The highest BCUT2D eigenvalue weighted by Crippen LogP contribution is 2.19. The molecule has 0 radical (unpaired) electrons. The van der Waals surface area contributed by atoms with Crippen LogP contribution in [0, 0.1) is 31.0 Å². The van der Waals surface area contributed by atoms with Gasteiger partial charge < -0.3 is 0 Å². The van der Waals surface area contributed by atoms with Gasteiger partial charge in [-0.2, -0.15) is 10.4 Å². The Bertz CT molecular complexity index is 668. The summed E-state index contributed by atoms with van der Waals surface area (Å²) in [6.45, 7) is 3.39. The van der Waals surface area contributed by atoms with Gasteiger partial charge in [0.25, 0.3) is 0 Å². The Balaban J connectivity index is 2.63. The molecule has 18 heavy (non-hydrogen) atoms. The summed E-state index contributed by atoms with van der Waals surface area (Å²) in [6, 6.07) is 5.99. The number of aromatic nitrogens is 2. The predicted molar refractivity (Wildman–Crippen MR) is 63.1 cm³/mol. The molecular weight excluding hydrogens is 233 g/mol. The highest BCUT2D eigenvalue weighted by Gasteiger charge is 2.14. The molecule has 0 N–H and O–H groups in total. The Hall–Kier alpha value is -2.48. The van der Waals surface area contributed by atoms with Crippen molar-refractivity contribution < 1.29 is 9.18 Å². The van der Waals surface area contributed by atoms with E-state index in [2.05, 4.69) is 5.10 Å². The van der Waals surface area contributed by atoms with Crippen molar-refractivity contribution in [3.05, 3.63) is 46.5 Å². The van der Waals surface area contributed by atoms with Gasteiger partial charge >= 0.3 is 0 Å². The molecule has 0 fully saturated rings. The van der Waals surface area contributed by atoms with Crippen molar-refractivity contribution in [2.75, 3.05) is 0 Å². The zero-order valence-electron chi connectivity index (χ0n) is 9.94. The first-order valence-electron chi connectivity index (χ1n) is 5.30. The van der Waals surface area contributed by atoms with Crippen LogP contribution < -0.4 is 0 Å². The molecule has 2 rings (SSSR count). The van der Waals surface area contributed by atoms with E-state index in [1.54, 1.807) is 13.8 Å². The van der Waals surface area contributed by atoms with Crippen LogP contribution in [-0.2, 0) is 0 Å². The average molecular weight is 243 g/mol. The first kappa shape index (κ1) is 12.0. The lowest BCUT2D eigenvalue weighted by atomic mass is 10.2. The van der Waals surface area contributed by atoms with Crippen molar-refractivity contribution >= 4 is 6.29 Å². The molecule has 0 atom stereocenters. The molecule has 0 spiro atoms. The Morgan fingerprint density at radius 3 is 2.67 bits per heavy atom. The summed E-state index contributed by atoms with van der Waals surface area (Å²) in [6.07, 6.45) is 0.704. The molecule has 0 amide bonds. The smallest absolute Gasteiger partial charge is 0.153 e. The van der Waals surface area contributed by atoms with Crippen LogP contribution in [0.3, 0.4) is 0 Å². The molecule has 0 unspecified atom stereocenters. The van der Waals surface area contributed by atoms with Gasteiger partial charge in [-0.1, -0.05) is 0 Å². The lowest BCUT2D eigenvalue weighted by Gasteiger charge is -2.05. The summed E-state index contributed by atoms with van der Waals surface area (Å²) in [5.74, 6) is -0.544. The summed E-state index contributed by atoms with van der Waals surface area (Å²) < 4.78 is 15.2. The SMILES string of the molecule is Cc1nn(-c2ccc(C#N)cc2F)c(C)c1C=O. The molecule has 0 aliphatic carbocycles. The van der Waals surface area contributed by atoms with Gasteiger partial charge in [-0.05, 0) is 32.0 Å². The zero-order valence-corrected chi connectivity index (χ0v) is 9.94. The second-order valence-corrected chi connectivity index (χ2v) is 3.89. The van der Waals surface area contributed by atoms with Crippen molar-refractivity contribution in [2.45, 2.75) is 13.8 Å². The maximum absolute atomic E-state index is 13.8. The second-order valence-electron chi connectivity index (χ2n) is 3.89. The third-order valence-electron chi connectivity index (χ3n) is 2.77. The van der Waals surface area contributed by atoms with Gasteiger partial charge in [-0.15, -0.1) is 0 Å². The van der Waals surface area contributed by atoms with Gasteiger partial charge in [0.05, 0.1) is 28.6 Å². The molecule has 0 bridgehead atoms. The van der Waals surface area contributed by atoms with Crippen LogP contribution >= 0.6 is 0 Å². The third kappa shape index (κ3) is 1.78. The van der Waals surface area contributed by atoms with Crippen LogP contribution in [0.4, 0.5) is 4.39 Å². The Morgan fingerprint density at radius 2 is 2.17 bits per heavy atom. The van der Waals surface area contributed by atoms with Crippen molar-refractivity contribution in [2.24, 2.45) is 0 Å². The number of nitriles is 1. The van der Waals surface area contributed by atoms with E-state index in [4.69, 9.17) is 5.26 Å². The first-order chi connectivity index (χ1) is 8.58. The molecule has 1 aromatic carbocycles. The van der Waals surface area contributed by atoms with E-state index in [0.717, 1.165) is 6.07 Å². The summed E-state index contributed by atoms with van der Waals surface area (Å²) in [5.41, 5.74) is 2.05. The Kier molecular flexibility index (Phi) is 2.94. The minimum atomic E-state index is -0.544. The minimum Gasteiger partial charge on any atom is -0.298 e. The summed E-state index contributed by atoms with van der Waals surface area (Å²) in [7, 11) is 0. The number of carbonyl (C=O) groups is 1. The number of aldehydes is 1. The summed E-state index contributed by atoms with van der Waals surface area (Å²) in [5, 5.41) is 12.8. The van der Waals surface area contributed by atoms with E-state index in [1.165, 1.54) is 16.8 Å². The number of nitrogens with zero attached hydrogens (tertiary/aromatic N) is 3. The number of hydrogen-bond acceptors (Lipinski definition) is 3. The van der Waals surface area contributed by atoms with Crippen molar-refractivity contribution in [3.63, 3.8) is 0 Å². The zero-order chi connectivity index (χ0) is 13.3. The van der Waals surface area contributed by atoms with E-state index in [0.29, 0.717) is 23.2 Å². The van der Waals surface area contributed by atoms with E-state index < -0.39 is 5.82 Å². The lowest BCUT2D eigenvalue weighted by molar-refractivity contribution is 0.112. The first-order valence-corrected chi connectivity index (χ1v) is 5.30. The number of rotatable bonds is 2. The van der Waals surface area contributed by atoms with E-state index in [1.807, 2.05) is 6.07 Å². The van der Waals surface area contributed by atoms with Crippen LogP contribution in [0.15, 0.2) is 18.2 Å². The van der Waals surface area contributed by atoms with Crippen LogP contribution in [0.2, 0.25) is 0 Å². The van der Waals surface area contributed by atoms with E-state index >= 15 is 0 Å². The third-order valence-corrected chi connectivity index (χ3v) is 2.77. The van der Waals surface area contributed by atoms with E-state index in [9.17, 15) is 9.18 Å². The molecule has 5 heteroatoms. The second kappa shape index (κ2) is 4.41. The molecule has 90 valence electrons. The van der Waals surface area contributed by atoms with Crippen LogP contribution in [-0.4, -0.2) is 16.1 Å². The normalized spacial score (nSPS) is 10.1. The number of halogens is 1. The van der Waals surface area contributed by atoms with Crippen molar-refractivity contribution in [1.82, 2.24) is 9.78 Å². The van der Waals surface area contributed by atoms with Crippen LogP contribution in [0.25, 0.3) is 5.69 Å². The average Bonchev–Trinajstić information content (AvgIpc) is 2.64. The van der Waals surface area contributed by atoms with Gasteiger partial charge in [0.1, 0.15) is 11.5 Å². The summed E-state index contributed by atoms with van der Waals surface area (Å²) >= 11 is 0. The highest BCUT2D eigenvalue weighted by atomic mass is 19.1. The van der Waals surface area contributed by atoms with Gasteiger partial charge in [-0.3, -0.25) is 4.79 Å². The molecule has 1 heterocycles.